The molecule has 1 aliphatic rings. The molecule has 0 radical (unpaired) electrons. The maximum absolute atomic E-state index is 12.2. The largest absolute Gasteiger partial charge is 0.481 e. The van der Waals surface area contributed by atoms with E-state index in [1.807, 2.05) is 24.3 Å². The quantitative estimate of drug-likeness (QED) is 0.783. The summed E-state index contributed by atoms with van der Waals surface area (Å²) in [5.41, 5.74) is 0.790. The summed E-state index contributed by atoms with van der Waals surface area (Å²) in [7, 11) is 0. The number of carbonyl (C=O) groups is 2. The van der Waals surface area contributed by atoms with E-state index in [4.69, 9.17) is 5.11 Å². The number of carboxylic acids is 1. The number of aliphatic carboxylic acids is 1. The number of halogens is 1. The third-order valence-electron chi connectivity index (χ3n) is 3.38. The Kier molecular flexibility index (Phi) is 5.22. The van der Waals surface area contributed by atoms with Gasteiger partial charge in [-0.1, -0.05) is 12.1 Å². The van der Waals surface area contributed by atoms with Crippen molar-refractivity contribution in [2.75, 3.05) is 18.4 Å². The van der Waals surface area contributed by atoms with Crippen LogP contribution < -0.4 is 5.32 Å². The van der Waals surface area contributed by atoms with Gasteiger partial charge in [0, 0.05) is 23.1 Å². The number of hydrogen-bond donors (Lipinski definition) is 2. The van der Waals surface area contributed by atoms with Gasteiger partial charge in [0.25, 0.3) is 0 Å². The summed E-state index contributed by atoms with van der Waals surface area (Å²) in [5.74, 6) is -0.739. The van der Waals surface area contributed by atoms with E-state index < -0.39 is 5.97 Å². The van der Waals surface area contributed by atoms with E-state index >= 15 is 0 Å². The van der Waals surface area contributed by atoms with E-state index in [-0.39, 0.29) is 18.4 Å². The molecule has 1 saturated heterocycles. The maximum Gasteiger partial charge on any atom is 0.321 e. The second kappa shape index (κ2) is 6.92. The van der Waals surface area contributed by atoms with Crippen molar-refractivity contribution in [3.8, 4) is 0 Å². The molecule has 1 atom stereocenters. The number of nitrogens with one attached hydrogen (secondary N) is 1. The molecule has 1 aromatic rings. The van der Waals surface area contributed by atoms with Crippen molar-refractivity contribution in [1.29, 1.82) is 0 Å². The Morgan fingerprint density at radius 3 is 2.85 bits per heavy atom. The minimum Gasteiger partial charge on any atom is -0.481 e. The first-order valence-electron chi connectivity index (χ1n) is 6.58. The van der Waals surface area contributed by atoms with E-state index in [0.717, 1.165) is 22.1 Å². The van der Waals surface area contributed by atoms with Crippen LogP contribution in [-0.2, 0) is 4.79 Å². The van der Waals surface area contributed by atoms with Crippen LogP contribution in [0.5, 0.6) is 0 Å². The first-order valence-corrected chi connectivity index (χ1v) is 7.66. The Bertz CT molecular complexity index is 507. The van der Waals surface area contributed by atoms with Gasteiger partial charge >= 0.3 is 12.0 Å². The van der Waals surface area contributed by atoms with E-state index in [1.54, 1.807) is 4.90 Å². The number of nitrogens with zero attached hydrogens (tertiary/aromatic N) is 1. The summed E-state index contributed by atoms with van der Waals surface area (Å²) >= 11 is 2.17. The van der Waals surface area contributed by atoms with E-state index in [0.29, 0.717) is 13.1 Å². The molecule has 108 valence electrons. The van der Waals surface area contributed by atoms with Crippen molar-refractivity contribution in [3.63, 3.8) is 0 Å². The van der Waals surface area contributed by atoms with Crippen molar-refractivity contribution < 1.29 is 14.7 Å². The summed E-state index contributed by atoms with van der Waals surface area (Å²) in [6, 6.07) is 7.43. The van der Waals surface area contributed by atoms with Crippen LogP contribution in [0.15, 0.2) is 24.3 Å². The van der Waals surface area contributed by atoms with Gasteiger partial charge in [-0.15, -0.1) is 0 Å². The molecular weight excluding hydrogens is 371 g/mol. The molecule has 1 unspecified atom stereocenters. The van der Waals surface area contributed by atoms with Crippen LogP contribution in [-0.4, -0.2) is 35.1 Å². The Morgan fingerprint density at radius 1 is 1.40 bits per heavy atom. The number of urea groups is 1. The molecular formula is C14H17IN2O3. The van der Waals surface area contributed by atoms with Gasteiger partial charge < -0.3 is 15.3 Å². The highest BCUT2D eigenvalue weighted by atomic mass is 127. The topological polar surface area (TPSA) is 69.6 Å². The van der Waals surface area contributed by atoms with E-state index in [1.165, 1.54) is 0 Å². The fraction of sp³-hybridized carbons (Fsp3) is 0.429. The van der Waals surface area contributed by atoms with Crippen molar-refractivity contribution in [2.45, 2.75) is 19.3 Å². The number of piperidine rings is 1. The minimum absolute atomic E-state index is 0.0573. The molecule has 6 heteroatoms. The van der Waals surface area contributed by atoms with Gasteiger partial charge in [0.15, 0.2) is 0 Å². The molecule has 1 heterocycles. The van der Waals surface area contributed by atoms with Gasteiger partial charge in [0.1, 0.15) is 0 Å². The smallest absolute Gasteiger partial charge is 0.321 e. The third kappa shape index (κ3) is 4.09. The monoisotopic (exact) mass is 388 g/mol. The highest BCUT2D eigenvalue weighted by Gasteiger charge is 2.25. The van der Waals surface area contributed by atoms with Gasteiger partial charge in [-0.05, 0) is 53.5 Å². The van der Waals surface area contributed by atoms with Crippen LogP contribution in [0.4, 0.5) is 10.5 Å². The minimum atomic E-state index is -0.796. The molecule has 1 fully saturated rings. The number of rotatable bonds is 3. The molecule has 2 rings (SSSR count). The lowest BCUT2D eigenvalue weighted by Crippen LogP contribution is -2.42. The molecule has 0 aliphatic carbocycles. The lowest BCUT2D eigenvalue weighted by atomic mass is 9.95. The van der Waals surface area contributed by atoms with Gasteiger partial charge in [-0.25, -0.2) is 4.79 Å². The number of hydrogen-bond acceptors (Lipinski definition) is 2. The van der Waals surface area contributed by atoms with Crippen LogP contribution in [0, 0.1) is 9.49 Å². The second-order valence-electron chi connectivity index (χ2n) is 4.96. The normalized spacial score (nSPS) is 18.6. The molecule has 2 amide bonds. The molecule has 5 nitrogen and oxygen atoms in total. The Balaban J connectivity index is 1.95. The number of amides is 2. The highest BCUT2D eigenvalue weighted by molar-refractivity contribution is 14.1. The number of benzene rings is 1. The highest BCUT2D eigenvalue weighted by Crippen LogP contribution is 2.22. The van der Waals surface area contributed by atoms with Crippen molar-refractivity contribution >= 4 is 40.3 Å². The molecule has 0 spiro atoms. The average molecular weight is 388 g/mol. The molecule has 20 heavy (non-hydrogen) atoms. The standard InChI is InChI=1S/C14H17IN2O3/c15-11-5-1-2-6-12(11)16-14(20)17-7-3-4-10(9-17)8-13(18)19/h1-2,5-6,10H,3-4,7-9H2,(H,16,20)(H,18,19). The third-order valence-corrected chi connectivity index (χ3v) is 4.33. The second-order valence-corrected chi connectivity index (χ2v) is 6.12. The summed E-state index contributed by atoms with van der Waals surface area (Å²) in [6.07, 6.45) is 1.86. The Morgan fingerprint density at radius 2 is 2.15 bits per heavy atom. The van der Waals surface area contributed by atoms with Crippen LogP contribution in [0.1, 0.15) is 19.3 Å². The number of anilines is 1. The summed E-state index contributed by atoms with van der Waals surface area (Å²) in [5, 5.41) is 11.7. The van der Waals surface area contributed by atoms with Crippen molar-refractivity contribution in [2.24, 2.45) is 5.92 Å². The van der Waals surface area contributed by atoms with Gasteiger partial charge in [0.2, 0.25) is 0 Å². The summed E-state index contributed by atoms with van der Waals surface area (Å²) in [6.45, 7) is 1.20. The molecule has 0 saturated carbocycles. The number of para-hydroxylation sites is 1. The predicted molar refractivity (Wildman–Crippen MR) is 84.7 cm³/mol. The molecule has 0 bridgehead atoms. The molecule has 0 aromatic heterocycles. The molecule has 1 aliphatic heterocycles. The lowest BCUT2D eigenvalue weighted by Gasteiger charge is -2.32. The first-order chi connectivity index (χ1) is 9.56. The fourth-order valence-electron chi connectivity index (χ4n) is 2.42. The van der Waals surface area contributed by atoms with Gasteiger partial charge in [-0.2, -0.15) is 0 Å². The molecule has 2 N–H and O–H groups in total. The average Bonchev–Trinajstić information content (AvgIpc) is 2.41. The van der Waals surface area contributed by atoms with Crippen molar-refractivity contribution in [3.05, 3.63) is 27.8 Å². The van der Waals surface area contributed by atoms with E-state index in [9.17, 15) is 9.59 Å². The van der Waals surface area contributed by atoms with Crippen molar-refractivity contribution in [1.82, 2.24) is 4.90 Å². The number of carboxylic acid groups (broad SMARTS) is 1. The van der Waals surface area contributed by atoms with Crippen LogP contribution >= 0.6 is 22.6 Å². The Hall–Kier alpha value is -1.31. The first kappa shape index (κ1) is 15.1. The fourth-order valence-corrected chi connectivity index (χ4v) is 2.94. The van der Waals surface area contributed by atoms with Gasteiger partial charge in [0.05, 0.1) is 5.69 Å². The maximum atomic E-state index is 12.2. The summed E-state index contributed by atoms with van der Waals surface area (Å²) < 4.78 is 0.984. The van der Waals surface area contributed by atoms with Gasteiger partial charge in [-0.3, -0.25) is 4.79 Å². The number of likely N-dealkylation sites (tertiary alicyclic amines) is 1. The van der Waals surface area contributed by atoms with Crippen LogP contribution in [0.2, 0.25) is 0 Å². The number of carbonyl (C=O) groups excluding carboxylic acids is 1. The predicted octanol–water partition coefficient (Wildman–Crippen LogP) is 3.01. The Labute approximate surface area is 131 Å². The molecule has 1 aromatic carbocycles. The zero-order valence-corrected chi connectivity index (χ0v) is 13.2. The summed E-state index contributed by atoms with van der Waals surface area (Å²) in [4.78, 5) is 24.7. The SMILES string of the molecule is O=C(O)CC1CCCN(C(=O)Nc2ccccc2I)C1. The zero-order chi connectivity index (χ0) is 14.5. The van der Waals surface area contributed by atoms with E-state index in [2.05, 4.69) is 27.9 Å². The zero-order valence-electron chi connectivity index (χ0n) is 11.0. The lowest BCUT2D eigenvalue weighted by molar-refractivity contribution is -0.138. The van der Waals surface area contributed by atoms with Crippen LogP contribution in [0.25, 0.3) is 0 Å². The van der Waals surface area contributed by atoms with Crippen LogP contribution in [0.3, 0.4) is 0 Å².